The number of carbonyl (C=O) groups is 1. The molecule has 0 amide bonds. The van der Waals surface area contributed by atoms with Crippen molar-refractivity contribution in [1.29, 1.82) is 0 Å². The van der Waals surface area contributed by atoms with Gasteiger partial charge in [-0.3, -0.25) is 4.79 Å². The molecule has 0 atom stereocenters. The van der Waals surface area contributed by atoms with Gasteiger partial charge in [0.15, 0.2) is 11.6 Å². The van der Waals surface area contributed by atoms with Gasteiger partial charge in [0, 0.05) is 12.1 Å². The summed E-state index contributed by atoms with van der Waals surface area (Å²) in [6.07, 6.45) is 0. The Bertz CT molecular complexity index is 906. The summed E-state index contributed by atoms with van der Waals surface area (Å²) in [6, 6.07) is 8.78. The van der Waals surface area contributed by atoms with E-state index in [0.29, 0.717) is 11.3 Å². The Morgan fingerprint density at radius 1 is 1.26 bits per heavy atom. The van der Waals surface area contributed by atoms with Gasteiger partial charge in [0.2, 0.25) is 0 Å². The van der Waals surface area contributed by atoms with Gasteiger partial charge in [0.1, 0.15) is 18.1 Å². The molecule has 3 rings (SSSR count). The van der Waals surface area contributed by atoms with Gasteiger partial charge in [0.25, 0.3) is 0 Å². The molecule has 0 unspecified atom stereocenters. The maximum absolute atomic E-state index is 13.5. The highest BCUT2D eigenvalue weighted by molar-refractivity contribution is 5.84. The lowest BCUT2D eigenvalue weighted by atomic mass is 10.2. The zero-order chi connectivity index (χ0) is 16.6. The third-order valence-electron chi connectivity index (χ3n) is 3.43. The van der Waals surface area contributed by atoms with Crippen molar-refractivity contribution in [2.45, 2.75) is 6.54 Å². The summed E-state index contributed by atoms with van der Waals surface area (Å²) >= 11 is 0. The van der Waals surface area contributed by atoms with E-state index in [9.17, 15) is 13.6 Å². The van der Waals surface area contributed by atoms with Crippen molar-refractivity contribution in [3.63, 3.8) is 0 Å². The summed E-state index contributed by atoms with van der Waals surface area (Å²) in [6.45, 7) is -0.436. The second-order valence-corrected chi connectivity index (χ2v) is 4.87. The molecule has 23 heavy (non-hydrogen) atoms. The fourth-order valence-corrected chi connectivity index (χ4v) is 2.45. The van der Waals surface area contributed by atoms with Crippen molar-refractivity contribution in [3.05, 3.63) is 48.0 Å². The van der Waals surface area contributed by atoms with Crippen LogP contribution >= 0.6 is 0 Å². The molecule has 0 saturated heterocycles. The summed E-state index contributed by atoms with van der Waals surface area (Å²) in [7, 11) is 1.47. The molecule has 0 saturated carbocycles. The Morgan fingerprint density at radius 3 is 2.65 bits per heavy atom. The summed E-state index contributed by atoms with van der Waals surface area (Å²) < 4.78 is 33.5. The monoisotopic (exact) mass is 318 g/mol. The van der Waals surface area contributed by atoms with Crippen LogP contribution in [0.15, 0.2) is 36.4 Å². The highest BCUT2D eigenvalue weighted by atomic mass is 19.2. The molecule has 5 nitrogen and oxygen atoms in total. The molecule has 1 N–H and O–H groups in total. The van der Waals surface area contributed by atoms with Gasteiger partial charge in [-0.25, -0.2) is 13.8 Å². The molecule has 0 aliphatic carbocycles. The molecule has 2 aromatic carbocycles. The van der Waals surface area contributed by atoms with Crippen LogP contribution in [0.5, 0.6) is 5.75 Å². The van der Waals surface area contributed by atoms with E-state index in [1.807, 2.05) is 0 Å². The average molecular weight is 318 g/mol. The van der Waals surface area contributed by atoms with E-state index < -0.39 is 24.1 Å². The average Bonchev–Trinajstić information content (AvgIpc) is 2.85. The van der Waals surface area contributed by atoms with Gasteiger partial charge in [-0.2, -0.15) is 0 Å². The van der Waals surface area contributed by atoms with E-state index in [1.165, 1.54) is 11.7 Å². The van der Waals surface area contributed by atoms with Crippen LogP contribution in [0.4, 0.5) is 8.78 Å². The Kier molecular flexibility index (Phi) is 3.69. The number of ether oxygens (including phenoxy) is 1. The number of methoxy groups -OCH3 is 1. The lowest BCUT2D eigenvalue weighted by Gasteiger charge is -2.10. The van der Waals surface area contributed by atoms with Gasteiger partial charge >= 0.3 is 5.97 Å². The minimum absolute atomic E-state index is 0.172. The third-order valence-corrected chi connectivity index (χ3v) is 3.43. The van der Waals surface area contributed by atoms with Crippen LogP contribution in [0.1, 0.15) is 0 Å². The second kappa shape index (κ2) is 5.68. The van der Waals surface area contributed by atoms with Crippen LogP contribution in [0.2, 0.25) is 0 Å². The molecule has 0 radical (unpaired) electrons. The Hall–Kier alpha value is -2.96. The summed E-state index contributed by atoms with van der Waals surface area (Å²) in [5.41, 5.74) is 0.909. The SMILES string of the molecule is COc1ccccc1-c1nc2cc(F)c(F)cc2n1CC(=O)O. The van der Waals surface area contributed by atoms with Crippen molar-refractivity contribution < 1.29 is 23.4 Å². The molecular weight excluding hydrogens is 306 g/mol. The maximum Gasteiger partial charge on any atom is 0.323 e. The topological polar surface area (TPSA) is 64.4 Å². The zero-order valence-electron chi connectivity index (χ0n) is 12.1. The number of hydrogen-bond acceptors (Lipinski definition) is 3. The van der Waals surface area contributed by atoms with Crippen molar-refractivity contribution in [2.24, 2.45) is 0 Å². The van der Waals surface area contributed by atoms with Crippen molar-refractivity contribution in [3.8, 4) is 17.1 Å². The second-order valence-electron chi connectivity index (χ2n) is 4.87. The van der Waals surface area contributed by atoms with Crippen LogP contribution in [-0.4, -0.2) is 27.7 Å². The fraction of sp³-hybridized carbons (Fsp3) is 0.125. The lowest BCUT2D eigenvalue weighted by molar-refractivity contribution is -0.137. The molecule has 7 heteroatoms. The first kappa shape index (κ1) is 15.0. The first-order chi connectivity index (χ1) is 11.0. The number of imidazole rings is 1. The van der Waals surface area contributed by atoms with E-state index in [4.69, 9.17) is 9.84 Å². The quantitative estimate of drug-likeness (QED) is 0.803. The van der Waals surface area contributed by atoms with E-state index >= 15 is 0 Å². The minimum atomic E-state index is -1.12. The number of aromatic nitrogens is 2. The van der Waals surface area contributed by atoms with E-state index in [-0.39, 0.29) is 16.9 Å². The third kappa shape index (κ3) is 2.61. The van der Waals surface area contributed by atoms with E-state index in [1.54, 1.807) is 24.3 Å². The molecule has 0 aliphatic heterocycles. The number of carboxylic acid groups (broad SMARTS) is 1. The van der Waals surface area contributed by atoms with Gasteiger partial charge in [0.05, 0.1) is 23.7 Å². The first-order valence-corrected chi connectivity index (χ1v) is 6.71. The number of hydrogen-bond donors (Lipinski definition) is 1. The molecule has 0 fully saturated rings. The largest absolute Gasteiger partial charge is 0.496 e. The molecule has 0 aliphatic rings. The zero-order valence-corrected chi connectivity index (χ0v) is 12.1. The summed E-state index contributed by atoms with van der Waals surface area (Å²) in [4.78, 5) is 15.4. The van der Waals surface area contributed by atoms with Gasteiger partial charge in [-0.15, -0.1) is 0 Å². The Labute approximate surface area is 129 Å². The molecular formula is C16H12F2N2O3. The molecule has 3 aromatic rings. The predicted molar refractivity (Wildman–Crippen MR) is 79.3 cm³/mol. The fourth-order valence-electron chi connectivity index (χ4n) is 2.45. The number of aliphatic carboxylic acids is 1. The standard InChI is InChI=1S/C16H12F2N2O3/c1-23-14-5-3-2-4-9(14)16-19-12-6-10(17)11(18)7-13(12)20(16)8-15(21)22/h2-7H,8H2,1H3,(H,21,22). The van der Waals surface area contributed by atoms with Crippen molar-refractivity contribution in [1.82, 2.24) is 9.55 Å². The van der Waals surface area contributed by atoms with Gasteiger partial charge in [-0.1, -0.05) is 12.1 Å². The summed E-state index contributed by atoms with van der Waals surface area (Å²) in [5.74, 6) is -2.47. The lowest BCUT2D eigenvalue weighted by Crippen LogP contribution is -2.10. The normalized spacial score (nSPS) is 10.9. The van der Waals surface area contributed by atoms with Crippen LogP contribution in [0.3, 0.4) is 0 Å². The Morgan fingerprint density at radius 2 is 1.96 bits per heavy atom. The predicted octanol–water partition coefficient (Wildman–Crippen LogP) is 3.07. The molecule has 0 bridgehead atoms. The van der Waals surface area contributed by atoms with Crippen LogP contribution < -0.4 is 4.74 Å². The highest BCUT2D eigenvalue weighted by Gasteiger charge is 2.19. The number of fused-ring (bicyclic) bond motifs is 1. The molecule has 0 spiro atoms. The van der Waals surface area contributed by atoms with Gasteiger partial charge in [-0.05, 0) is 12.1 Å². The van der Waals surface area contributed by atoms with Crippen LogP contribution in [-0.2, 0) is 11.3 Å². The van der Waals surface area contributed by atoms with Crippen molar-refractivity contribution in [2.75, 3.05) is 7.11 Å². The molecule has 118 valence electrons. The van der Waals surface area contributed by atoms with Crippen LogP contribution in [0, 0.1) is 11.6 Å². The number of nitrogens with zero attached hydrogens (tertiary/aromatic N) is 2. The number of halogens is 2. The number of para-hydroxylation sites is 1. The maximum atomic E-state index is 13.5. The van der Waals surface area contributed by atoms with Gasteiger partial charge < -0.3 is 14.4 Å². The van der Waals surface area contributed by atoms with Crippen LogP contribution in [0.25, 0.3) is 22.4 Å². The highest BCUT2D eigenvalue weighted by Crippen LogP contribution is 2.32. The number of rotatable bonds is 4. The van der Waals surface area contributed by atoms with Crippen molar-refractivity contribution >= 4 is 17.0 Å². The van der Waals surface area contributed by atoms with E-state index in [0.717, 1.165) is 12.1 Å². The molecule has 1 heterocycles. The smallest absolute Gasteiger partial charge is 0.323 e. The van der Waals surface area contributed by atoms with E-state index in [2.05, 4.69) is 4.98 Å². The Balaban J connectivity index is 2.33. The minimum Gasteiger partial charge on any atom is -0.496 e. The first-order valence-electron chi connectivity index (χ1n) is 6.71. The molecule has 1 aromatic heterocycles. The summed E-state index contributed by atoms with van der Waals surface area (Å²) in [5, 5.41) is 9.12. The number of benzene rings is 2. The number of carboxylic acids is 1.